The number of piperidine rings is 1. The Labute approximate surface area is 140 Å². The lowest BCUT2D eigenvalue weighted by molar-refractivity contribution is -0.143. The van der Waals surface area contributed by atoms with Crippen molar-refractivity contribution in [3.63, 3.8) is 0 Å². The summed E-state index contributed by atoms with van der Waals surface area (Å²) in [5.74, 6) is -1.20. The largest absolute Gasteiger partial charge is 0.480 e. The molecule has 24 heavy (non-hydrogen) atoms. The molecule has 1 fully saturated rings. The summed E-state index contributed by atoms with van der Waals surface area (Å²) >= 11 is 0. The third-order valence-corrected chi connectivity index (χ3v) is 4.39. The Bertz CT molecular complexity index is 773. The van der Waals surface area contributed by atoms with Crippen LogP contribution in [0.15, 0.2) is 42.7 Å². The molecule has 1 N–H and O–H groups in total. The molecule has 1 aliphatic rings. The van der Waals surface area contributed by atoms with Crippen molar-refractivity contribution in [1.29, 1.82) is 0 Å². The molecule has 1 unspecified atom stereocenters. The van der Waals surface area contributed by atoms with E-state index in [-0.39, 0.29) is 5.91 Å². The molecule has 2 aromatic rings. The predicted octanol–water partition coefficient (Wildman–Crippen LogP) is 3.14. The number of likely N-dealkylation sites (tertiary alicyclic amines) is 1. The van der Waals surface area contributed by atoms with E-state index in [9.17, 15) is 14.7 Å². The Kier molecular flexibility index (Phi) is 4.60. The number of nitrogens with zero attached hydrogens (tertiary/aromatic N) is 2. The van der Waals surface area contributed by atoms with Gasteiger partial charge in [0.25, 0.3) is 5.91 Å². The number of aryl methyl sites for hydroxylation is 1. The maximum Gasteiger partial charge on any atom is 0.326 e. The molecular formula is C19H20N2O3. The minimum absolute atomic E-state index is 0.260. The highest BCUT2D eigenvalue weighted by Crippen LogP contribution is 2.23. The molecule has 5 heteroatoms. The Morgan fingerprint density at radius 1 is 1.17 bits per heavy atom. The van der Waals surface area contributed by atoms with Crippen LogP contribution in [0, 0.1) is 6.92 Å². The van der Waals surface area contributed by atoms with Crippen LogP contribution in [-0.4, -0.2) is 39.5 Å². The van der Waals surface area contributed by atoms with Crippen molar-refractivity contribution in [3.05, 3.63) is 53.9 Å². The molecule has 0 radical (unpaired) electrons. The fourth-order valence-electron chi connectivity index (χ4n) is 3.14. The summed E-state index contributed by atoms with van der Waals surface area (Å²) in [4.78, 5) is 29.8. The molecule has 1 aromatic carbocycles. The topological polar surface area (TPSA) is 70.5 Å². The minimum atomic E-state index is -0.939. The van der Waals surface area contributed by atoms with Crippen LogP contribution < -0.4 is 0 Å². The van der Waals surface area contributed by atoms with Gasteiger partial charge >= 0.3 is 5.97 Å². The third-order valence-electron chi connectivity index (χ3n) is 4.39. The predicted molar refractivity (Wildman–Crippen MR) is 90.7 cm³/mol. The van der Waals surface area contributed by atoms with Crippen LogP contribution in [0.25, 0.3) is 11.1 Å². The number of aliphatic carboxylic acids is 1. The number of pyridine rings is 1. The Morgan fingerprint density at radius 3 is 2.75 bits per heavy atom. The van der Waals surface area contributed by atoms with Gasteiger partial charge in [0.05, 0.1) is 5.56 Å². The lowest BCUT2D eigenvalue weighted by atomic mass is 10.00. The van der Waals surface area contributed by atoms with Crippen molar-refractivity contribution < 1.29 is 14.7 Å². The Balaban J connectivity index is 1.90. The van der Waals surface area contributed by atoms with E-state index in [1.165, 1.54) is 11.1 Å². The number of hydrogen-bond acceptors (Lipinski definition) is 3. The van der Waals surface area contributed by atoms with Gasteiger partial charge in [-0.2, -0.15) is 0 Å². The quantitative estimate of drug-likeness (QED) is 0.941. The molecule has 0 bridgehead atoms. The van der Waals surface area contributed by atoms with E-state index >= 15 is 0 Å². The van der Waals surface area contributed by atoms with Crippen LogP contribution in [0.2, 0.25) is 0 Å². The zero-order valence-electron chi connectivity index (χ0n) is 13.6. The van der Waals surface area contributed by atoms with Gasteiger partial charge in [0.1, 0.15) is 6.04 Å². The molecule has 1 aromatic heterocycles. The summed E-state index contributed by atoms with van der Waals surface area (Å²) in [6, 6.07) is 9.03. The van der Waals surface area contributed by atoms with Gasteiger partial charge in [-0.3, -0.25) is 9.78 Å². The fourth-order valence-corrected chi connectivity index (χ4v) is 3.14. The van der Waals surface area contributed by atoms with Crippen LogP contribution in [0.4, 0.5) is 0 Å². The van der Waals surface area contributed by atoms with Gasteiger partial charge in [0, 0.05) is 24.5 Å². The van der Waals surface area contributed by atoms with Gasteiger partial charge in [0.15, 0.2) is 0 Å². The molecule has 1 atom stereocenters. The summed E-state index contributed by atoms with van der Waals surface area (Å²) in [7, 11) is 0. The monoisotopic (exact) mass is 324 g/mol. The van der Waals surface area contributed by atoms with E-state index in [1.54, 1.807) is 12.3 Å². The van der Waals surface area contributed by atoms with Crippen molar-refractivity contribution in [1.82, 2.24) is 9.88 Å². The summed E-state index contributed by atoms with van der Waals surface area (Å²) in [6.07, 6.45) is 5.40. The van der Waals surface area contributed by atoms with Gasteiger partial charge in [-0.25, -0.2) is 4.79 Å². The van der Waals surface area contributed by atoms with Crippen molar-refractivity contribution in [2.75, 3.05) is 6.54 Å². The molecule has 0 spiro atoms. The van der Waals surface area contributed by atoms with Gasteiger partial charge in [-0.05, 0) is 37.8 Å². The first-order valence-electron chi connectivity index (χ1n) is 8.12. The first-order valence-corrected chi connectivity index (χ1v) is 8.12. The third kappa shape index (κ3) is 3.30. The number of carbonyl (C=O) groups excluding carboxylic acids is 1. The smallest absolute Gasteiger partial charge is 0.326 e. The normalized spacial score (nSPS) is 17.5. The Morgan fingerprint density at radius 2 is 2.00 bits per heavy atom. The van der Waals surface area contributed by atoms with Crippen LogP contribution in [0.3, 0.4) is 0 Å². The summed E-state index contributed by atoms with van der Waals surface area (Å²) < 4.78 is 0. The van der Waals surface area contributed by atoms with Crippen LogP contribution in [0.5, 0.6) is 0 Å². The summed E-state index contributed by atoms with van der Waals surface area (Å²) in [5, 5.41) is 9.36. The number of carbonyl (C=O) groups is 2. The lowest BCUT2D eigenvalue weighted by Gasteiger charge is -2.33. The molecule has 1 amide bonds. The van der Waals surface area contributed by atoms with E-state index in [4.69, 9.17) is 0 Å². The number of aromatic nitrogens is 1. The average molecular weight is 324 g/mol. The van der Waals surface area contributed by atoms with Gasteiger partial charge in [-0.1, -0.05) is 29.8 Å². The zero-order valence-corrected chi connectivity index (χ0v) is 13.6. The van der Waals surface area contributed by atoms with Crippen molar-refractivity contribution in [2.45, 2.75) is 32.2 Å². The molecule has 2 heterocycles. The van der Waals surface area contributed by atoms with E-state index < -0.39 is 12.0 Å². The molecule has 124 valence electrons. The highest BCUT2D eigenvalue weighted by molar-refractivity contribution is 5.97. The SMILES string of the molecule is Cc1cccc(-c2cncc(C(=O)N3CCCCC3C(=O)O)c2)c1. The minimum Gasteiger partial charge on any atom is -0.480 e. The second kappa shape index (κ2) is 6.83. The summed E-state index contributed by atoms with van der Waals surface area (Å²) in [6.45, 7) is 2.49. The second-order valence-electron chi connectivity index (χ2n) is 6.18. The molecular weight excluding hydrogens is 304 g/mol. The fraction of sp³-hybridized carbons (Fsp3) is 0.316. The Hall–Kier alpha value is -2.69. The van der Waals surface area contributed by atoms with Crippen molar-refractivity contribution in [3.8, 4) is 11.1 Å². The van der Waals surface area contributed by atoms with E-state index in [2.05, 4.69) is 4.98 Å². The molecule has 1 saturated heterocycles. The van der Waals surface area contributed by atoms with Crippen LogP contribution >= 0.6 is 0 Å². The van der Waals surface area contributed by atoms with Gasteiger partial charge < -0.3 is 10.0 Å². The lowest BCUT2D eigenvalue weighted by Crippen LogP contribution is -2.48. The second-order valence-corrected chi connectivity index (χ2v) is 6.18. The number of rotatable bonds is 3. The highest BCUT2D eigenvalue weighted by Gasteiger charge is 2.32. The first kappa shape index (κ1) is 16.2. The molecule has 0 aliphatic carbocycles. The molecule has 0 saturated carbocycles. The number of amides is 1. The van der Waals surface area contributed by atoms with Crippen molar-refractivity contribution in [2.24, 2.45) is 0 Å². The zero-order chi connectivity index (χ0) is 17.1. The van der Waals surface area contributed by atoms with Gasteiger partial charge in [-0.15, -0.1) is 0 Å². The number of hydrogen-bond donors (Lipinski definition) is 1. The summed E-state index contributed by atoms with van der Waals surface area (Å²) in [5.41, 5.74) is 3.41. The first-order chi connectivity index (χ1) is 11.6. The van der Waals surface area contributed by atoms with E-state index in [0.29, 0.717) is 18.5 Å². The van der Waals surface area contributed by atoms with Gasteiger partial charge in [0.2, 0.25) is 0 Å². The molecule has 1 aliphatic heterocycles. The van der Waals surface area contributed by atoms with E-state index in [0.717, 1.165) is 29.5 Å². The standard InChI is InChI=1S/C19H20N2O3/c1-13-5-4-6-14(9-13)15-10-16(12-20-11-15)18(22)21-8-3-2-7-17(21)19(23)24/h4-6,9-12,17H,2-3,7-8H2,1H3,(H,23,24). The highest BCUT2D eigenvalue weighted by atomic mass is 16.4. The number of benzene rings is 1. The van der Waals surface area contributed by atoms with Crippen LogP contribution in [-0.2, 0) is 4.79 Å². The number of carboxylic acids is 1. The maximum absolute atomic E-state index is 12.8. The van der Waals surface area contributed by atoms with E-state index in [1.807, 2.05) is 31.2 Å². The molecule has 5 nitrogen and oxygen atoms in total. The average Bonchev–Trinajstić information content (AvgIpc) is 2.61. The number of carboxylic acid groups (broad SMARTS) is 1. The van der Waals surface area contributed by atoms with Crippen molar-refractivity contribution >= 4 is 11.9 Å². The molecule has 3 rings (SSSR count). The van der Waals surface area contributed by atoms with Crippen LogP contribution in [0.1, 0.15) is 35.2 Å². The maximum atomic E-state index is 12.8.